The molecule has 2 heteroatoms. The molecule has 0 radical (unpaired) electrons. The number of hydrogen-bond donors (Lipinski definition) is 0. The third kappa shape index (κ3) is 1.99. The second-order valence-electron chi connectivity index (χ2n) is 4.81. The van der Waals surface area contributed by atoms with E-state index in [9.17, 15) is 0 Å². The average Bonchev–Trinajstić information content (AvgIpc) is 2.46. The second-order valence-corrected chi connectivity index (χ2v) is 4.81. The highest BCUT2D eigenvalue weighted by molar-refractivity contribution is 5.30. The van der Waals surface area contributed by atoms with E-state index in [1.165, 1.54) is 5.56 Å². The molecule has 0 aliphatic carbocycles. The Balaban J connectivity index is 3.20. The smallest absolute Gasteiger partial charge is 0.142 e. The number of rotatable bonds is 3. The second kappa shape index (κ2) is 4.16. The van der Waals surface area contributed by atoms with Gasteiger partial charge in [-0.2, -0.15) is 0 Å². The van der Waals surface area contributed by atoms with Crippen LogP contribution in [0.4, 0.5) is 0 Å². The van der Waals surface area contributed by atoms with Crippen molar-refractivity contribution in [3.63, 3.8) is 0 Å². The quantitative estimate of drug-likeness (QED) is 0.727. The van der Waals surface area contributed by atoms with Gasteiger partial charge in [-0.05, 0) is 11.8 Å². The van der Waals surface area contributed by atoms with Crippen LogP contribution in [0.1, 0.15) is 76.3 Å². The molecule has 0 fully saturated rings. The minimum Gasteiger partial charge on any atom is -0.361 e. The standard InChI is InChI=1S/C12H21NO/c1-7(2)10-11(8(3)4)13-14-12(10)9(5)6/h7-9H,1-6H3. The van der Waals surface area contributed by atoms with E-state index in [2.05, 4.69) is 46.7 Å². The van der Waals surface area contributed by atoms with Crippen LogP contribution in [-0.4, -0.2) is 5.16 Å². The van der Waals surface area contributed by atoms with Crippen molar-refractivity contribution < 1.29 is 4.52 Å². The molecule has 0 saturated heterocycles. The molecule has 80 valence electrons. The molecule has 0 aliphatic heterocycles. The fourth-order valence-corrected chi connectivity index (χ4v) is 1.74. The molecule has 0 unspecified atom stereocenters. The Morgan fingerprint density at radius 2 is 1.43 bits per heavy atom. The summed E-state index contributed by atoms with van der Waals surface area (Å²) >= 11 is 0. The third-order valence-corrected chi connectivity index (χ3v) is 2.43. The predicted octanol–water partition coefficient (Wildman–Crippen LogP) is 4.04. The highest BCUT2D eigenvalue weighted by Gasteiger charge is 2.22. The van der Waals surface area contributed by atoms with E-state index in [0.717, 1.165) is 11.5 Å². The molecule has 0 saturated carbocycles. The molecule has 0 spiro atoms. The van der Waals surface area contributed by atoms with Gasteiger partial charge in [0.1, 0.15) is 5.76 Å². The van der Waals surface area contributed by atoms with Crippen molar-refractivity contribution in [3.8, 4) is 0 Å². The van der Waals surface area contributed by atoms with Gasteiger partial charge in [-0.3, -0.25) is 0 Å². The van der Waals surface area contributed by atoms with Gasteiger partial charge in [-0.15, -0.1) is 0 Å². The van der Waals surface area contributed by atoms with E-state index in [1.807, 2.05) is 0 Å². The van der Waals surface area contributed by atoms with Crippen LogP contribution < -0.4 is 0 Å². The highest BCUT2D eigenvalue weighted by Crippen LogP contribution is 2.32. The summed E-state index contributed by atoms with van der Waals surface area (Å²) < 4.78 is 5.43. The zero-order valence-corrected chi connectivity index (χ0v) is 10.1. The Bertz CT molecular complexity index is 272. The van der Waals surface area contributed by atoms with E-state index in [1.54, 1.807) is 0 Å². The number of nitrogens with zero attached hydrogens (tertiary/aromatic N) is 1. The van der Waals surface area contributed by atoms with E-state index < -0.39 is 0 Å². The lowest BCUT2D eigenvalue weighted by Crippen LogP contribution is -2.00. The van der Waals surface area contributed by atoms with Crippen LogP contribution in [0, 0.1) is 0 Å². The lowest BCUT2D eigenvalue weighted by atomic mass is 9.92. The third-order valence-electron chi connectivity index (χ3n) is 2.43. The lowest BCUT2D eigenvalue weighted by Gasteiger charge is -2.10. The molecule has 1 heterocycles. The van der Waals surface area contributed by atoms with Gasteiger partial charge in [0.15, 0.2) is 0 Å². The Hall–Kier alpha value is -0.790. The fourth-order valence-electron chi connectivity index (χ4n) is 1.74. The summed E-state index contributed by atoms with van der Waals surface area (Å²) in [6.45, 7) is 13.0. The van der Waals surface area contributed by atoms with Gasteiger partial charge in [0.25, 0.3) is 0 Å². The maximum Gasteiger partial charge on any atom is 0.142 e. The van der Waals surface area contributed by atoms with Crippen LogP contribution in [0.3, 0.4) is 0 Å². The summed E-state index contributed by atoms with van der Waals surface area (Å²) in [7, 11) is 0. The van der Waals surface area contributed by atoms with E-state index >= 15 is 0 Å². The SMILES string of the molecule is CC(C)c1noc(C(C)C)c1C(C)C. The number of hydrogen-bond acceptors (Lipinski definition) is 2. The topological polar surface area (TPSA) is 26.0 Å². The minimum absolute atomic E-state index is 0.424. The van der Waals surface area contributed by atoms with E-state index in [0.29, 0.717) is 17.8 Å². The van der Waals surface area contributed by atoms with Gasteiger partial charge < -0.3 is 4.52 Å². The first-order valence-corrected chi connectivity index (χ1v) is 5.44. The normalized spacial score (nSPS) is 12.1. The summed E-state index contributed by atoms with van der Waals surface area (Å²) in [4.78, 5) is 0. The summed E-state index contributed by atoms with van der Waals surface area (Å²) in [5.74, 6) is 2.43. The fraction of sp³-hybridized carbons (Fsp3) is 0.750. The molecular formula is C12H21NO. The van der Waals surface area contributed by atoms with E-state index in [4.69, 9.17) is 4.52 Å². The van der Waals surface area contributed by atoms with Crippen LogP contribution in [0.25, 0.3) is 0 Å². The first kappa shape index (κ1) is 11.3. The van der Waals surface area contributed by atoms with Crippen molar-refractivity contribution in [2.45, 2.75) is 59.3 Å². The van der Waals surface area contributed by atoms with E-state index in [-0.39, 0.29) is 0 Å². The maximum atomic E-state index is 5.43. The van der Waals surface area contributed by atoms with Crippen molar-refractivity contribution in [3.05, 3.63) is 17.0 Å². The molecule has 0 N–H and O–H groups in total. The first-order chi connectivity index (χ1) is 6.45. The molecule has 0 bridgehead atoms. The largest absolute Gasteiger partial charge is 0.361 e. The summed E-state index contributed by atoms with van der Waals surface area (Å²) in [6.07, 6.45) is 0. The van der Waals surface area contributed by atoms with Crippen LogP contribution in [0.2, 0.25) is 0 Å². The van der Waals surface area contributed by atoms with Crippen LogP contribution in [0.5, 0.6) is 0 Å². The van der Waals surface area contributed by atoms with Gasteiger partial charge in [-0.1, -0.05) is 46.7 Å². The Labute approximate surface area is 86.7 Å². The monoisotopic (exact) mass is 195 g/mol. The van der Waals surface area contributed by atoms with Crippen molar-refractivity contribution >= 4 is 0 Å². The molecule has 0 atom stereocenters. The maximum absolute atomic E-state index is 5.43. The van der Waals surface area contributed by atoms with Crippen molar-refractivity contribution in [2.24, 2.45) is 0 Å². The Morgan fingerprint density at radius 3 is 1.79 bits per heavy atom. The molecule has 1 aromatic rings. The zero-order valence-electron chi connectivity index (χ0n) is 10.1. The van der Waals surface area contributed by atoms with Crippen LogP contribution >= 0.6 is 0 Å². The summed E-state index contributed by atoms with van der Waals surface area (Å²) in [5.41, 5.74) is 2.44. The van der Waals surface area contributed by atoms with Crippen LogP contribution in [0.15, 0.2) is 4.52 Å². The molecule has 0 aliphatic rings. The number of aromatic nitrogens is 1. The molecule has 14 heavy (non-hydrogen) atoms. The highest BCUT2D eigenvalue weighted by atomic mass is 16.5. The molecular weight excluding hydrogens is 174 g/mol. The lowest BCUT2D eigenvalue weighted by molar-refractivity contribution is 0.362. The minimum atomic E-state index is 0.424. The first-order valence-electron chi connectivity index (χ1n) is 5.44. The van der Waals surface area contributed by atoms with Gasteiger partial charge >= 0.3 is 0 Å². The molecule has 2 nitrogen and oxygen atoms in total. The van der Waals surface area contributed by atoms with Gasteiger partial charge in [0.2, 0.25) is 0 Å². The average molecular weight is 195 g/mol. The van der Waals surface area contributed by atoms with Crippen LogP contribution in [-0.2, 0) is 0 Å². The Morgan fingerprint density at radius 1 is 0.857 bits per heavy atom. The summed E-state index contributed by atoms with van der Waals surface area (Å²) in [5, 5.41) is 4.18. The van der Waals surface area contributed by atoms with Crippen molar-refractivity contribution in [1.82, 2.24) is 5.16 Å². The predicted molar refractivity (Wildman–Crippen MR) is 58.8 cm³/mol. The van der Waals surface area contributed by atoms with Crippen molar-refractivity contribution in [2.75, 3.05) is 0 Å². The van der Waals surface area contributed by atoms with Gasteiger partial charge in [0, 0.05) is 11.5 Å². The molecule has 0 amide bonds. The molecule has 1 rings (SSSR count). The van der Waals surface area contributed by atoms with Crippen molar-refractivity contribution in [1.29, 1.82) is 0 Å². The van der Waals surface area contributed by atoms with Gasteiger partial charge in [-0.25, -0.2) is 0 Å². The summed E-state index contributed by atoms with van der Waals surface area (Å²) in [6, 6.07) is 0. The van der Waals surface area contributed by atoms with Gasteiger partial charge in [0.05, 0.1) is 5.69 Å². The molecule has 0 aromatic carbocycles. The zero-order chi connectivity index (χ0) is 10.9. The molecule has 1 aromatic heterocycles. The Kier molecular flexibility index (Phi) is 3.35.